The summed E-state index contributed by atoms with van der Waals surface area (Å²) in [6, 6.07) is 17.2. The van der Waals surface area contributed by atoms with Crippen molar-refractivity contribution in [2.24, 2.45) is 0 Å². The molecule has 0 saturated heterocycles. The van der Waals surface area contributed by atoms with E-state index in [1.165, 1.54) is 12.1 Å². The molecule has 10 aromatic rings. The summed E-state index contributed by atoms with van der Waals surface area (Å²) in [4.78, 5) is 14.1. The van der Waals surface area contributed by atoms with Crippen LogP contribution in [0, 0.1) is 13.7 Å². The molecule has 240 valence electrons. The van der Waals surface area contributed by atoms with Crippen molar-refractivity contribution in [2.45, 2.75) is 13.7 Å². The third-order valence-corrected chi connectivity index (χ3v) is 8.81. The van der Waals surface area contributed by atoms with Gasteiger partial charge >= 0.3 is 0 Å². The molecule has 0 radical (unpaired) electrons. The van der Waals surface area contributed by atoms with E-state index in [0.29, 0.717) is 5.56 Å². The predicted octanol–water partition coefficient (Wildman–Crippen LogP) is 12.5. The minimum absolute atomic E-state index is 0.0297. The van der Waals surface area contributed by atoms with Crippen LogP contribution in [0.1, 0.15) is 34.4 Å². The van der Waals surface area contributed by atoms with Gasteiger partial charge < -0.3 is 4.42 Å². The van der Waals surface area contributed by atoms with Gasteiger partial charge in [-0.25, -0.2) is 15.0 Å². The molecule has 0 atom stereocenters. The van der Waals surface area contributed by atoms with Gasteiger partial charge in [-0.15, -0.1) is 0 Å². The molecule has 8 aromatic carbocycles. The van der Waals surface area contributed by atoms with Gasteiger partial charge in [-0.2, -0.15) is 0 Å². The zero-order valence-electron chi connectivity index (χ0n) is 43.3. The zero-order valence-corrected chi connectivity index (χ0v) is 26.3. The molecule has 0 spiro atoms. The van der Waals surface area contributed by atoms with Crippen LogP contribution < -0.4 is 0 Å². The van der Waals surface area contributed by atoms with E-state index < -0.39 is 102 Å². The molecule has 0 aliphatic rings. The summed E-state index contributed by atoms with van der Waals surface area (Å²) in [5.74, 6) is -0.630. The molecule has 10 rings (SSSR count). The van der Waals surface area contributed by atoms with Crippen LogP contribution in [0.4, 0.5) is 0 Å². The van der Waals surface area contributed by atoms with Crippen molar-refractivity contribution in [1.82, 2.24) is 15.0 Å². The van der Waals surface area contributed by atoms with E-state index in [1.54, 1.807) is 6.07 Å². The van der Waals surface area contributed by atoms with Crippen molar-refractivity contribution in [3.63, 3.8) is 0 Å². The third kappa shape index (κ3) is 4.95. The van der Waals surface area contributed by atoms with E-state index in [9.17, 15) is 5.48 Å². The van der Waals surface area contributed by atoms with Gasteiger partial charge in [-0.05, 0) is 99.5 Å². The third-order valence-electron chi connectivity index (χ3n) is 8.81. The maximum atomic E-state index is 9.52. The molecule has 0 unspecified atom stereocenters. The topological polar surface area (TPSA) is 51.8 Å². The Hall–Kier alpha value is -6.65. The molecule has 4 nitrogen and oxygen atoms in total. The Morgan fingerprint density at radius 3 is 1.73 bits per heavy atom. The molecule has 0 fully saturated rings. The van der Waals surface area contributed by atoms with Crippen LogP contribution >= 0.6 is 0 Å². The van der Waals surface area contributed by atoms with Gasteiger partial charge in [0.15, 0.2) is 17.5 Å². The van der Waals surface area contributed by atoms with E-state index in [1.807, 2.05) is 60.7 Å². The number of hydrogen-bond donors (Lipinski definition) is 0. The summed E-state index contributed by atoms with van der Waals surface area (Å²) < 4.78 is 152. The van der Waals surface area contributed by atoms with Crippen molar-refractivity contribution in [3.8, 4) is 45.3 Å². The van der Waals surface area contributed by atoms with E-state index in [4.69, 9.17) is 32.2 Å². The first-order valence-electron chi connectivity index (χ1n) is 24.4. The average Bonchev–Trinajstić information content (AvgIpc) is 3.73. The summed E-state index contributed by atoms with van der Waals surface area (Å²) in [7, 11) is 0. The highest BCUT2D eigenvalue weighted by Gasteiger charge is 2.17. The van der Waals surface area contributed by atoms with Crippen LogP contribution in [-0.2, 0) is 0 Å². The van der Waals surface area contributed by atoms with Crippen molar-refractivity contribution < 1.29 is 27.7 Å². The Kier molecular flexibility index (Phi) is 3.79. The number of fused-ring (bicyclic) bond motifs is 9. The number of hydrogen-bond acceptors (Lipinski definition) is 4. The van der Waals surface area contributed by atoms with Crippen molar-refractivity contribution in [2.75, 3.05) is 0 Å². The minimum Gasteiger partial charge on any atom is -0.456 e. The summed E-state index contributed by atoms with van der Waals surface area (Å²) in [5.41, 5.74) is -2.54. The Labute approximate surface area is 318 Å². The Bertz CT molecular complexity index is 3770. The van der Waals surface area contributed by atoms with E-state index in [0.717, 1.165) is 38.4 Å². The highest BCUT2D eigenvalue weighted by atomic mass is 16.3. The number of rotatable bonds is 4. The minimum atomic E-state index is -2.76. The second kappa shape index (κ2) is 11.5. The molecule has 0 saturated carbocycles. The first kappa shape index (κ1) is 16.8. The maximum Gasteiger partial charge on any atom is 0.164 e. The van der Waals surface area contributed by atoms with Gasteiger partial charge in [0.1, 0.15) is 11.2 Å². The quantitative estimate of drug-likeness (QED) is 0.175. The fraction of sp³-hybridized carbons (Fsp3) is 0.0426. The second-order valence-electron chi connectivity index (χ2n) is 12.0. The van der Waals surface area contributed by atoms with Gasteiger partial charge in [-0.3, -0.25) is 0 Å². The fourth-order valence-electron chi connectivity index (χ4n) is 6.55. The van der Waals surface area contributed by atoms with Crippen LogP contribution in [-0.4, -0.2) is 15.0 Å². The van der Waals surface area contributed by atoms with E-state index in [-0.39, 0.29) is 50.5 Å². The van der Waals surface area contributed by atoms with Crippen LogP contribution in [0.5, 0.6) is 0 Å². The van der Waals surface area contributed by atoms with E-state index in [2.05, 4.69) is 4.98 Å². The lowest BCUT2D eigenvalue weighted by Gasteiger charge is -2.13. The normalized spacial score (nSPS) is 17.0. The maximum absolute atomic E-state index is 9.52. The molecule has 51 heavy (non-hydrogen) atoms. The number of aryl methyl sites for hydroxylation is 2. The molecule has 4 heteroatoms. The first-order valence-corrected chi connectivity index (χ1v) is 15.9. The lowest BCUT2D eigenvalue weighted by Crippen LogP contribution is -2.00. The summed E-state index contributed by atoms with van der Waals surface area (Å²) in [5, 5.41) is 5.02. The van der Waals surface area contributed by atoms with Crippen LogP contribution in [0.25, 0.3) is 99.5 Å². The highest BCUT2D eigenvalue weighted by molar-refractivity contribution is 6.25. The summed E-state index contributed by atoms with van der Waals surface area (Å²) >= 11 is 0. The predicted molar refractivity (Wildman–Crippen MR) is 211 cm³/mol. The van der Waals surface area contributed by atoms with Gasteiger partial charge in [0, 0.05) is 35.7 Å². The molecular weight excluding hydrogens is 623 g/mol. The van der Waals surface area contributed by atoms with Gasteiger partial charge in [0.2, 0.25) is 0 Å². The zero-order chi connectivity index (χ0) is 48.6. The molecule has 0 N–H and O–H groups in total. The fourth-order valence-corrected chi connectivity index (χ4v) is 6.55. The van der Waals surface area contributed by atoms with Crippen molar-refractivity contribution in [3.05, 3.63) is 163 Å². The van der Waals surface area contributed by atoms with Gasteiger partial charge in [0.05, 0.1) is 15.1 Å². The molecule has 2 aromatic heterocycles. The number of aromatic nitrogens is 3. The first-order chi connectivity index (χ1) is 32.1. The molecular formula is C47H31N3O. The largest absolute Gasteiger partial charge is 0.456 e. The van der Waals surface area contributed by atoms with E-state index >= 15 is 0 Å². The standard InChI is InChI=1S/C47H31N3O/c1-28-22-29(2)24-34(23-28)47-49-45(32-16-19-39-37-14-7-6-12-35(37)36-13-8-9-15-38(36)41(39)26-32)48-46(50-47)33-17-20-40-42-25-31(30-10-4-3-5-11-30)18-21-43(42)51-44(40)27-33/h3-27H,1-2H3/i1D3,2D3,3D,4D,5D,10D,11D,17D,18D,20D,21D,25D,27D. The molecule has 0 aliphatic carbocycles. The molecule has 2 heterocycles. The van der Waals surface area contributed by atoms with Crippen LogP contribution in [0.2, 0.25) is 0 Å². The second-order valence-corrected chi connectivity index (χ2v) is 12.0. The Morgan fingerprint density at radius 1 is 0.431 bits per heavy atom. The monoisotopic (exact) mass is 670 g/mol. The number of furan rings is 1. The molecule has 0 amide bonds. The lowest BCUT2D eigenvalue weighted by atomic mass is 9.93. The van der Waals surface area contributed by atoms with Crippen LogP contribution in [0.15, 0.2) is 156 Å². The molecule has 0 bridgehead atoms. The average molecular weight is 671 g/mol. The lowest BCUT2D eigenvalue weighted by molar-refractivity contribution is 0.669. The SMILES string of the molecule is [2H]c1c([2H])c([2H])c(-c2c([2H])c([2H])c3oc4c([2H])c(-c5nc(-c6cc(C([2H])([2H])[2H])cc(C([2H])([2H])[2H])c6)nc(-c6ccc7c8ccccc8c8ccccc8c7c6)n5)c([2H])c([2H])c4c3c2[2H])c([2H])c1[2H]. The van der Waals surface area contributed by atoms with Gasteiger partial charge in [0.25, 0.3) is 0 Å². The summed E-state index contributed by atoms with van der Waals surface area (Å²) in [6.07, 6.45) is 0. The molecule has 0 aliphatic heterocycles. The summed E-state index contributed by atoms with van der Waals surface area (Å²) in [6.45, 7) is -5.53. The van der Waals surface area contributed by atoms with Gasteiger partial charge in [-0.1, -0.05) is 120 Å². The number of benzene rings is 8. The van der Waals surface area contributed by atoms with Crippen LogP contribution in [0.3, 0.4) is 0 Å². The highest BCUT2D eigenvalue weighted by Crippen LogP contribution is 2.38. The van der Waals surface area contributed by atoms with Crippen molar-refractivity contribution in [1.29, 1.82) is 0 Å². The smallest absolute Gasteiger partial charge is 0.164 e. The number of nitrogens with zero attached hydrogens (tertiary/aromatic N) is 3. The Balaban J connectivity index is 1.27. The Morgan fingerprint density at radius 2 is 1.04 bits per heavy atom. The van der Waals surface area contributed by atoms with Crippen molar-refractivity contribution >= 4 is 54.3 Å².